The van der Waals surface area contributed by atoms with E-state index in [1.807, 2.05) is 6.07 Å². The first-order valence-corrected chi connectivity index (χ1v) is 7.00. The molecule has 0 spiro atoms. The molecular weight excluding hydrogens is 246 g/mol. The van der Waals surface area contributed by atoms with Gasteiger partial charge in [0.05, 0.1) is 12.1 Å². The topological polar surface area (TPSA) is 35.2 Å². The second kappa shape index (κ2) is 5.10. The summed E-state index contributed by atoms with van der Waals surface area (Å²) >= 11 is 6.31. The lowest BCUT2D eigenvalue weighted by molar-refractivity contribution is 0.287. The smallest absolute Gasteiger partial charge is 0.142 e. The minimum Gasteiger partial charge on any atom is -0.495 e. The average Bonchev–Trinajstić information content (AvgIpc) is 2.34. The lowest BCUT2D eigenvalue weighted by Gasteiger charge is -2.36. The van der Waals surface area contributed by atoms with E-state index in [1.165, 1.54) is 30.4 Å². The predicted octanol–water partition coefficient (Wildman–Crippen LogP) is 4.08. The van der Waals surface area contributed by atoms with E-state index in [-0.39, 0.29) is 5.54 Å². The van der Waals surface area contributed by atoms with Gasteiger partial charge in [-0.1, -0.05) is 30.9 Å². The molecule has 0 heterocycles. The standard InChI is InChI=1S/C15H22ClNO/c1-10-9-12(16)14(18-3)13(11(10)2)15(17)7-5-4-6-8-15/h9H,4-8,17H2,1-3H3. The Kier molecular flexibility index (Phi) is 3.88. The largest absolute Gasteiger partial charge is 0.495 e. The summed E-state index contributed by atoms with van der Waals surface area (Å²) in [6, 6.07) is 1.96. The van der Waals surface area contributed by atoms with Crippen LogP contribution in [0.2, 0.25) is 5.02 Å². The third-order valence-corrected chi connectivity index (χ3v) is 4.48. The normalized spacial score (nSPS) is 18.7. The van der Waals surface area contributed by atoms with Gasteiger partial charge in [0.25, 0.3) is 0 Å². The quantitative estimate of drug-likeness (QED) is 0.876. The molecule has 1 saturated carbocycles. The van der Waals surface area contributed by atoms with Crippen LogP contribution in [0, 0.1) is 13.8 Å². The second-order valence-electron chi connectivity index (χ2n) is 5.43. The van der Waals surface area contributed by atoms with Crippen LogP contribution in [0.15, 0.2) is 6.07 Å². The van der Waals surface area contributed by atoms with Gasteiger partial charge in [-0.05, 0) is 43.9 Å². The number of hydrogen-bond acceptors (Lipinski definition) is 2. The average molecular weight is 268 g/mol. The van der Waals surface area contributed by atoms with Gasteiger partial charge in [0.2, 0.25) is 0 Å². The minimum absolute atomic E-state index is 0.274. The zero-order valence-corrected chi connectivity index (χ0v) is 12.2. The molecule has 0 unspecified atom stereocenters. The Morgan fingerprint density at radius 1 is 1.22 bits per heavy atom. The summed E-state index contributed by atoms with van der Waals surface area (Å²) in [4.78, 5) is 0. The van der Waals surface area contributed by atoms with Crippen molar-refractivity contribution in [2.75, 3.05) is 7.11 Å². The molecule has 1 aromatic carbocycles. The van der Waals surface area contributed by atoms with Crippen LogP contribution in [0.5, 0.6) is 5.75 Å². The molecule has 2 nitrogen and oxygen atoms in total. The maximum atomic E-state index is 6.66. The number of hydrogen-bond donors (Lipinski definition) is 1. The molecule has 0 amide bonds. The highest BCUT2D eigenvalue weighted by molar-refractivity contribution is 6.32. The molecule has 1 aliphatic carbocycles. The van der Waals surface area contributed by atoms with Gasteiger partial charge >= 0.3 is 0 Å². The van der Waals surface area contributed by atoms with Crippen LogP contribution >= 0.6 is 11.6 Å². The first-order chi connectivity index (χ1) is 8.49. The van der Waals surface area contributed by atoms with E-state index in [0.29, 0.717) is 5.02 Å². The van der Waals surface area contributed by atoms with E-state index in [0.717, 1.165) is 24.2 Å². The molecule has 0 atom stereocenters. The van der Waals surface area contributed by atoms with Gasteiger partial charge in [0.15, 0.2) is 0 Å². The molecule has 1 fully saturated rings. The van der Waals surface area contributed by atoms with Crippen molar-refractivity contribution in [1.82, 2.24) is 0 Å². The second-order valence-corrected chi connectivity index (χ2v) is 5.83. The molecule has 0 radical (unpaired) electrons. The van der Waals surface area contributed by atoms with E-state index >= 15 is 0 Å². The SMILES string of the molecule is COc1c(Cl)cc(C)c(C)c1C1(N)CCCCC1. The van der Waals surface area contributed by atoms with Crippen LogP contribution in [0.25, 0.3) is 0 Å². The minimum atomic E-state index is -0.274. The first kappa shape index (κ1) is 13.7. The van der Waals surface area contributed by atoms with Crippen molar-refractivity contribution >= 4 is 11.6 Å². The Morgan fingerprint density at radius 2 is 1.83 bits per heavy atom. The zero-order valence-electron chi connectivity index (χ0n) is 11.5. The van der Waals surface area contributed by atoms with Gasteiger partial charge in [-0.2, -0.15) is 0 Å². The van der Waals surface area contributed by atoms with Gasteiger partial charge in [0.1, 0.15) is 5.75 Å². The molecule has 100 valence electrons. The Hall–Kier alpha value is -0.730. The van der Waals surface area contributed by atoms with Crippen molar-refractivity contribution in [2.45, 2.75) is 51.5 Å². The third-order valence-electron chi connectivity index (χ3n) is 4.20. The zero-order chi connectivity index (χ0) is 13.3. The summed E-state index contributed by atoms with van der Waals surface area (Å²) < 4.78 is 5.52. The number of halogens is 1. The number of rotatable bonds is 2. The molecule has 1 aliphatic rings. The Labute approximate surface area is 114 Å². The molecule has 0 saturated heterocycles. The van der Waals surface area contributed by atoms with Gasteiger partial charge in [0, 0.05) is 11.1 Å². The Balaban J connectivity index is 2.60. The summed E-state index contributed by atoms with van der Waals surface area (Å²) in [6.45, 7) is 4.20. The fraction of sp³-hybridized carbons (Fsp3) is 0.600. The summed E-state index contributed by atoms with van der Waals surface area (Å²) in [6.07, 6.45) is 5.68. The van der Waals surface area contributed by atoms with Crippen molar-refractivity contribution in [1.29, 1.82) is 0 Å². The molecular formula is C15H22ClNO. The van der Waals surface area contributed by atoms with Crippen molar-refractivity contribution in [3.05, 3.63) is 27.8 Å². The number of ether oxygens (including phenoxy) is 1. The summed E-state index contributed by atoms with van der Waals surface area (Å²) in [5.74, 6) is 0.768. The van der Waals surface area contributed by atoms with Crippen molar-refractivity contribution in [3.63, 3.8) is 0 Å². The van der Waals surface area contributed by atoms with Crippen molar-refractivity contribution in [3.8, 4) is 5.75 Å². The van der Waals surface area contributed by atoms with Crippen LogP contribution in [-0.4, -0.2) is 7.11 Å². The van der Waals surface area contributed by atoms with Crippen LogP contribution in [0.1, 0.15) is 48.8 Å². The first-order valence-electron chi connectivity index (χ1n) is 6.62. The van der Waals surface area contributed by atoms with Gasteiger partial charge in [-0.15, -0.1) is 0 Å². The Morgan fingerprint density at radius 3 is 2.39 bits per heavy atom. The molecule has 3 heteroatoms. The van der Waals surface area contributed by atoms with Gasteiger partial charge in [-0.25, -0.2) is 0 Å². The lowest BCUT2D eigenvalue weighted by atomic mass is 9.75. The molecule has 18 heavy (non-hydrogen) atoms. The lowest BCUT2D eigenvalue weighted by Crippen LogP contribution is -2.39. The van der Waals surface area contributed by atoms with E-state index < -0.39 is 0 Å². The molecule has 0 aliphatic heterocycles. The third kappa shape index (κ3) is 2.24. The highest BCUT2D eigenvalue weighted by atomic mass is 35.5. The van der Waals surface area contributed by atoms with E-state index in [1.54, 1.807) is 7.11 Å². The fourth-order valence-electron chi connectivity index (χ4n) is 3.08. The summed E-state index contributed by atoms with van der Waals surface area (Å²) in [5, 5.41) is 0.672. The van der Waals surface area contributed by atoms with Gasteiger partial charge in [-0.3, -0.25) is 0 Å². The highest BCUT2D eigenvalue weighted by Gasteiger charge is 2.34. The molecule has 2 rings (SSSR count). The van der Waals surface area contributed by atoms with Crippen LogP contribution in [-0.2, 0) is 5.54 Å². The number of methoxy groups -OCH3 is 1. The number of benzene rings is 1. The van der Waals surface area contributed by atoms with E-state index in [4.69, 9.17) is 22.1 Å². The van der Waals surface area contributed by atoms with Gasteiger partial charge < -0.3 is 10.5 Å². The summed E-state index contributed by atoms with van der Waals surface area (Å²) in [7, 11) is 1.67. The maximum Gasteiger partial charge on any atom is 0.142 e. The summed E-state index contributed by atoms with van der Waals surface area (Å²) in [5.41, 5.74) is 9.91. The van der Waals surface area contributed by atoms with Crippen LogP contribution < -0.4 is 10.5 Å². The van der Waals surface area contributed by atoms with Crippen molar-refractivity contribution in [2.24, 2.45) is 5.73 Å². The van der Waals surface area contributed by atoms with Crippen LogP contribution in [0.3, 0.4) is 0 Å². The molecule has 0 bridgehead atoms. The van der Waals surface area contributed by atoms with E-state index in [9.17, 15) is 0 Å². The predicted molar refractivity (Wildman–Crippen MR) is 76.4 cm³/mol. The van der Waals surface area contributed by atoms with Crippen molar-refractivity contribution < 1.29 is 4.74 Å². The highest BCUT2D eigenvalue weighted by Crippen LogP contribution is 2.44. The monoisotopic (exact) mass is 267 g/mol. The fourth-order valence-corrected chi connectivity index (χ4v) is 3.42. The maximum absolute atomic E-state index is 6.66. The van der Waals surface area contributed by atoms with Crippen LogP contribution in [0.4, 0.5) is 0 Å². The molecule has 1 aromatic rings. The number of nitrogens with two attached hydrogens (primary N) is 1. The molecule has 2 N–H and O–H groups in total. The van der Waals surface area contributed by atoms with E-state index in [2.05, 4.69) is 13.8 Å². The molecule has 0 aromatic heterocycles. The number of aryl methyl sites for hydroxylation is 1. The Bertz CT molecular complexity index is 450.